The summed E-state index contributed by atoms with van der Waals surface area (Å²) in [5, 5.41) is 3.26. The van der Waals surface area contributed by atoms with Gasteiger partial charge in [-0.25, -0.2) is 4.39 Å². The lowest BCUT2D eigenvalue weighted by Gasteiger charge is -2.27. The van der Waals surface area contributed by atoms with Crippen LogP contribution in [-0.4, -0.2) is 12.5 Å². The molecule has 3 N–H and O–H groups in total. The van der Waals surface area contributed by atoms with E-state index in [1.54, 1.807) is 6.07 Å². The zero-order chi connectivity index (χ0) is 14.8. The highest BCUT2D eigenvalue weighted by Crippen LogP contribution is 2.28. The molecule has 3 rings (SSSR count). The first-order valence-electron chi connectivity index (χ1n) is 6.66. The van der Waals surface area contributed by atoms with Gasteiger partial charge in [0.2, 0.25) is 0 Å². The molecule has 4 nitrogen and oxygen atoms in total. The summed E-state index contributed by atoms with van der Waals surface area (Å²) >= 11 is 0. The van der Waals surface area contributed by atoms with Crippen molar-refractivity contribution >= 4 is 11.6 Å². The molecule has 108 valence electrons. The van der Waals surface area contributed by atoms with Crippen LogP contribution in [0.25, 0.3) is 0 Å². The Balaban J connectivity index is 1.88. The van der Waals surface area contributed by atoms with Gasteiger partial charge in [-0.1, -0.05) is 24.3 Å². The van der Waals surface area contributed by atoms with E-state index in [2.05, 4.69) is 5.32 Å². The molecule has 0 spiro atoms. The predicted octanol–water partition coefficient (Wildman–Crippen LogP) is 2.61. The average Bonchev–Trinajstić information content (AvgIpc) is 2.49. The van der Waals surface area contributed by atoms with Crippen molar-refractivity contribution in [1.29, 1.82) is 0 Å². The maximum Gasteiger partial charge on any atom is 0.251 e. The van der Waals surface area contributed by atoms with Gasteiger partial charge < -0.3 is 15.8 Å². The molecule has 0 fully saturated rings. The van der Waals surface area contributed by atoms with E-state index in [1.165, 1.54) is 12.1 Å². The fraction of sp³-hybridized carbons (Fsp3) is 0.188. The largest absolute Gasteiger partial charge is 0.376 e. The normalized spacial score (nSPS) is 17.1. The van der Waals surface area contributed by atoms with E-state index in [9.17, 15) is 9.18 Å². The lowest BCUT2D eigenvalue weighted by molar-refractivity contribution is 0.0970. The topological polar surface area (TPSA) is 64.4 Å². The zero-order valence-electron chi connectivity index (χ0n) is 11.3. The highest BCUT2D eigenvalue weighted by molar-refractivity contribution is 5.94. The Kier molecular flexibility index (Phi) is 3.58. The van der Waals surface area contributed by atoms with E-state index < -0.39 is 11.7 Å². The molecule has 2 aromatic rings. The first-order chi connectivity index (χ1) is 10.1. The first kappa shape index (κ1) is 13.6. The van der Waals surface area contributed by atoms with Crippen molar-refractivity contribution in [2.45, 2.75) is 12.6 Å². The molecule has 0 aliphatic carbocycles. The van der Waals surface area contributed by atoms with E-state index in [1.807, 2.05) is 24.3 Å². The van der Waals surface area contributed by atoms with Crippen molar-refractivity contribution in [2.24, 2.45) is 5.73 Å². The standard InChI is InChI=1S/C16H15FN2O2/c17-14-6-5-11(7-13(14)16(18)20)19-15-9-21-8-10-3-1-2-4-12(10)15/h1-7,15,19H,8-9H2,(H2,18,20). The number of anilines is 1. The monoisotopic (exact) mass is 286 g/mol. The number of nitrogens with two attached hydrogens (primary N) is 1. The second kappa shape index (κ2) is 5.54. The van der Waals surface area contributed by atoms with Gasteiger partial charge in [0.25, 0.3) is 5.91 Å². The highest BCUT2D eigenvalue weighted by Gasteiger charge is 2.20. The molecular formula is C16H15FN2O2. The van der Waals surface area contributed by atoms with E-state index in [0.717, 1.165) is 11.1 Å². The van der Waals surface area contributed by atoms with Crippen LogP contribution in [0.4, 0.5) is 10.1 Å². The molecule has 0 saturated carbocycles. The number of hydrogen-bond donors (Lipinski definition) is 2. The predicted molar refractivity (Wildman–Crippen MR) is 77.4 cm³/mol. The van der Waals surface area contributed by atoms with Gasteiger partial charge in [0.1, 0.15) is 5.82 Å². The van der Waals surface area contributed by atoms with Crippen LogP contribution >= 0.6 is 0 Å². The Morgan fingerprint density at radius 2 is 2.10 bits per heavy atom. The van der Waals surface area contributed by atoms with E-state index >= 15 is 0 Å². The lowest BCUT2D eigenvalue weighted by atomic mass is 9.99. The zero-order valence-corrected chi connectivity index (χ0v) is 11.3. The van der Waals surface area contributed by atoms with E-state index in [0.29, 0.717) is 18.9 Å². The van der Waals surface area contributed by atoms with Crippen LogP contribution in [0.15, 0.2) is 42.5 Å². The van der Waals surface area contributed by atoms with Crippen molar-refractivity contribution in [2.75, 3.05) is 11.9 Å². The summed E-state index contributed by atoms with van der Waals surface area (Å²) in [6.07, 6.45) is 0. The molecule has 0 radical (unpaired) electrons. The van der Waals surface area contributed by atoms with Crippen LogP contribution in [0.1, 0.15) is 27.5 Å². The van der Waals surface area contributed by atoms with Crippen molar-refractivity contribution < 1.29 is 13.9 Å². The summed E-state index contributed by atoms with van der Waals surface area (Å²) in [5.74, 6) is -1.40. The Bertz CT molecular complexity index is 688. The van der Waals surface area contributed by atoms with Crippen molar-refractivity contribution in [1.82, 2.24) is 0 Å². The van der Waals surface area contributed by atoms with Crippen molar-refractivity contribution in [3.05, 3.63) is 65.0 Å². The number of rotatable bonds is 3. The molecule has 1 atom stereocenters. The Morgan fingerprint density at radius 1 is 1.29 bits per heavy atom. The average molecular weight is 286 g/mol. The van der Waals surface area contributed by atoms with Gasteiger partial charge >= 0.3 is 0 Å². The number of fused-ring (bicyclic) bond motifs is 1. The molecule has 0 bridgehead atoms. The van der Waals surface area contributed by atoms with Gasteiger partial charge in [-0.15, -0.1) is 0 Å². The Labute approximate surface area is 121 Å². The van der Waals surface area contributed by atoms with Crippen LogP contribution in [0.2, 0.25) is 0 Å². The minimum absolute atomic E-state index is 0.0406. The number of ether oxygens (including phenoxy) is 1. The van der Waals surface area contributed by atoms with Gasteiger partial charge in [-0.2, -0.15) is 0 Å². The summed E-state index contributed by atoms with van der Waals surface area (Å²) in [4.78, 5) is 11.2. The maximum atomic E-state index is 13.5. The second-order valence-electron chi connectivity index (χ2n) is 4.97. The Morgan fingerprint density at radius 3 is 2.90 bits per heavy atom. The van der Waals surface area contributed by atoms with Gasteiger partial charge in [-0.3, -0.25) is 4.79 Å². The number of halogens is 1. The van der Waals surface area contributed by atoms with E-state index in [-0.39, 0.29) is 11.6 Å². The molecule has 0 aromatic heterocycles. The lowest BCUT2D eigenvalue weighted by Crippen LogP contribution is -2.23. The third-order valence-electron chi connectivity index (χ3n) is 3.55. The third kappa shape index (κ3) is 2.73. The number of benzene rings is 2. The van der Waals surface area contributed by atoms with Crippen LogP contribution < -0.4 is 11.1 Å². The summed E-state index contributed by atoms with van der Waals surface area (Å²) in [5.41, 5.74) is 7.95. The maximum absolute atomic E-state index is 13.5. The molecule has 1 unspecified atom stereocenters. The molecular weight excluding hydrogens is 271 g/mol. The second-order valence-corrected chi connectivity index (χ2v) is 4.97. The van der Waals surface area contributed by atoms with Crippen LogP contribution in [0, 0.1) is 5.82 Å². The molecule has 2 aromatic carbocycles. The van der Waals surface area contributed by atoms with Gasteiger partial charge in [-0.05, 0) is 29.3 Å². The number of hydrogen-bond acceptors (Lipinski definition) is 3. The minimum Gasteiger partial charge on any atom is -0.376 e. The number of nitrogens with one attached hydrogen (secondary N) is 1. The molecule has 5 heteroatoms. The quantitative estimate of drug-likeness (QED) is 0.911. The number of carbonyl (C=O) groups excluding carboxylic acids is 1. The molecule has 1 aliphatic heterocycles. The van der Waals surface area contributed by atoms with Crippen molar-refractivity contribution in [3.63, 3.8) is 0 Å². The molecule has 0 saturated heterocycles. The van der Waals surface area contributed by atoms with Gasteiger partial charge in [0.15, 0.2) is 0 Å². The van der Waals surface area contributed by atoms with Crippen LogP contribution in [0.3, 0.4) is 0 Å². The number of primary amides is 1. The first-order valence-corrected chi connectivity index (χ1v) is 6.66. The van der Waals surface area contributed by atoms with Crippen LogP contribution in [-0.2, 0) is 11.3 Å². The SMILES string of the molecule is NC(=O)c1cc(NC2COCc3ccccc32)ccc1F. The molecule has 21 heavy (non-hydrogen) atoms. The summed E-state index contributed by atoms with van der Waals surface area (Å²) in [6.45, 7) is 1.10. The third-order valence-corrected chi connectivity index (χ3v) is 3.55. The van der Waals surface area contributed by atoms with E-state index in [4.69, 9.17) is 10.5 Å². The van der Waals surface area contributed by atoms with Crippen LogP contribution in [0.5, 0.6) is 0 Å². The summed E-state index contributed by atoms with van der Waals surface area (Å²) < 4.78 is 19.0. The minimum atomic E-state index is -0.781. The summed E-state index contributed by atoms with van der Waals surface area (Å²) in [7, 11) is 0. The number of amides is 1. The smallest absolute Gasteiger partial charge is 0.251 e. The van der Waals surface area contributed by atoms with Gasteiger partial charge in [0.05, 0.1) is 24.8 Å². The van der Waals surface area contributed by atoms with Gasteiger partial charge in [0, 0.05) is 5.69 Å². The highest BCUT2D eigenvalue weighted by atomic mass is 19.1. The van der Waals surface area contributed by atoms with Crippen molar-refractivity contribution in [3.8, 4) is 0 Å². The molecule has 1 aliphatic rings. The molecule has 1 amide bonds. The molecule has 1 heterocycles. The Hall–Kier alpha value is -2.40. The number of carbonyl (C=O) groups is 1. The fourth-order valence-corrected chi connectivity index (χ4v) is 2.51. The fourth-order valence-electron chi connectivity index (χ4n) is 2.51. The summed E-state index contributed by atoms with van der Waals surface area (Å²) in [6, 6.07) is 12.2.